The number of rotatable bonds is 3. The van der Waals surface area contributed by atoms with E-state index in [0.29, 0.717) is 11.3 Å². The number of ketones is 1. The molecule has 0 saturated carbocycles. The molecular formula is C14H20O3. The molecule has 17 heavy (non-hydrogen) atoms. The fourth-order valence-corrected chi connectivity index (χ4v) is 1.58. The van der Waals surface area contributed by atoms with Crippen LogP contribution in [0.4, 0.5) is 0 Å². The van der Waals surface area contributed by atoms with Crippen LogP contribution in [0, 0.1) is 12.3 Å². The first-order valence-corrected chi connectivity index (χ1v) is 5.64. The second-order valence-corrected chi connectivity index (χ2v) is 5.31. The molecule has 0 aliphatic heterocycles. The molecular weight excluding hydrogens is 216 g/mol. The minimum atomic E-state index is -0.991. The van der Waals surface area contributed by atoms with Crippen LogP contribution >= 0.6 is 0 Å². The summed E-state index contributed by atoms with van der Waals surface area (Å²) >= 11 is 0. The van der Waals surface area contributed by atoms with Gasteiger partial charge in [-0.2, -0.15) is 0 Å². The first kappa shape index (κ1) is 13.7. The lowest BCUT2D eigenvalue weighted by atomic mass is 9.84. The number of methoxy groups -OCH3 is 1. The number of aliphatic hydroxyl groups excluding tert-OH is 1. The van der Waals surface area contributed by atoms with Gasteiger partial charge in [-0.1, -0.05) is 20.8 Å². The van der Waals surface area contributed by atoms with Crippen molar-refractivity contribution in [1.82, 2.24) is 0 Å². The number of carbonyl (C=O) groups excluding carboxylic acids is 1. The molecule has 1 atom stereocenters. The van der Waals surface area contributed by atoms with Crippen LogP contribution in [0.2, 0.25) is 0 Å². The van der Waals surface area contributed by atoms with Crippen LogP contribution < -0.4 is 4.74 Å². The van der Waals surface area contributed by atoms with E-state index in [1.54, 1.807) is 25.3 Å². The lowest BCUT2D eigenvalue weighted by molar-refractivity contribution is 0.0442. The maximum atomic E-state index is 12.1. The van der Waals surface area contributed by atoms with Crippen molar-refractivity contribution in [2.45, 2.75) is 33.8 Å². The Labute approximate surface area is 102 Å². The van der Waals surface area contributed by atoms with Gasteiger partial charge in [0.25, 0.3) is 0 Å². The highest BCUT2D eigenvalue weighted by atomic mass is 16.5. The number of Topliss-reactive ketones (excluding diaryl/α,β-unsaturated/α-hetero) is 1. The van der Waals surface area contributed by atoms with Crippen molar-refractivity contribution < 1.29 is 14.6 Å². The fourth-order valence-electron chi connectivity index (χ4n) is 1.58. The normalized spacial score (nSPS) is 13.3. The number of benzene rings is 1. The Morgan fingerprint density at radius 3 is 2.35 bits per heavy atom. The summed E-state index contributed by atoms with van der Waals surface area (Å²) in [7, 11) is 1.58. The molecule has 0 aliphatic carbocycles. The maximum Gasteiger partial charge on any atom is 0.192 e. The monoisotopic (exact) mass is 236 g/mol. The highest BCUT2D eigenvalue weighted by Crippen LogP contribution is 2.25. The first-order chi connectivity index (χ1) is 7.77. The maximum absolute atomic E-state index is 12.1. The lowest BCUT2D eigenvalue weighted by Crippen LogP contribution is -2.34. The largest absolute Gasteiger partial charge is 0.497 e. The summed E-state index contributed by atoms with van der Waals surface area (Å²) in [6.45, 7) is 7.36. The minimum absolute atomic E-state index is 0.238. The molecule has 0 heterocycles. The zero-order valence-electron chi connectivity index (χ0n) is 11.1. The molecule has 1 aromatic carbocycles. The molecule has 0 saturated heterocycles. The SMILES string of the molecule is COc1ccc(C(=O)C(O)C(C)(C)C)c(C)c1. The van der Waals surface area contributed by atoms with Crippen molar-refractivity contribution in [2.75, 3.05) is 7.11 Å². The summed E-state index contributed by atoms with van der Waals surface area (Å²) in [5, 5.41) is 9.98. The van der Waals surface area contributed by atoms with E-state index in [-0.39, 0.29) is 5.78 Å². The number of ether oxygens (including phenoxy) is 1. The number of hydrogen-bond donors (Lipinski definition) is 1. The van der Waals surface area contributed by atoms with Gasteiger partial charge in [0.2, 0.25) is 0 Å². The minimum Gasteiger partial charge on any atom is -0.497 e. The highest BCUT2D eigenvalue weighted by molar-refractivity contribution is 6.01. The van der Waals surface area contributed by atoms with Crippen LogP contribution in [-0.2, 0) is 0 Å². The summed E-state index contributed by atoms with van der Waals surface area (Å²) in [4.78, 5) is 12.1. The van der Waals surface area contributed by atoms with E-state index in [2.05, 4.69) is 0 Å². The summed E-state index contributed by atoms with van der Waals surface area (Å²) in [6, 6.07) is 5.23. The molecule has 1 unspecified atom stereocenters. The van der Waals surface area contributed by atoms with E-state index in [1.807, 2.05) is 27.7 Å². The predicted octanol–water partition coefficient (Wildman–Crippen LogP) is 2.59. The molecule has 94 valence electrons. The lowest BCUT2D eigenvalue weighted by Gasteiger charge is -2.25. The van der Waals surface area contributed by atoms with E-state index in [4.69, 9.17) is 4.74 Å². The summed E-state index contributed by atoms with van der Waals surface area (Å²) in [5.74, 6) is 0.474. The Morgan fingerprint density at radius 2 is 1.94 bits per heavy atom. The van der Waals surface area contributed by atoms with E-state index < -0.39 is 11.5 Å². The van der Waals surface area contributed by atoms with Crippen LogP contribution in [0.25, 0.3) is 0 Å². The zero-order valence-corrected chi connectivity index (χ0v) is 11.1. The van der Waals surface area contributed by atoms with Gasteiger partial charge in [0.05, 0.1) is 7.11 Å². The van der Waals surface area contributed by atoms with E-state index >= 15 is 0 Å². The van der Waals surface area contributed by atoms with Gasteiger partial charge >= 0.3 is 0 Å². The third kappa shape index (κ3) is 3.07. The van der Waals surface area contributed by atoms with Gasteiger partial charge < -0.3 is 9.84 Å². The Kier molecular flexibility index (Phi) is 3.94. The van der Waals surface area contributed by atoms with Crippen LogP contribution in [0.1, 0.15) is 36.7 Å². The second-order valence-electron chi connectivity index (χ2n) is 5.31. The van der Waals surface area contributed by atoms with Gasteiger partial charge in [-0.15, -0.1) is 0 Å². The number of hydrogen-bond acceptors (Lipinski definition) is 3. The molecule has 0 fully saturated rings. The van der Waals surface area contributed by atoms with Gasteiger partial charge in [-0.3, -0.25) is 4.79 Å². The van der Waals surface area contributed by atoms with Crippen molar-refractivity contribution in [1.29, 1.82) is 0 Å². The topological polar surface area (TPSA) is 46.5 Å². The quantitative estimate of drug-likeness (QED) is 0.820. The zero-order chi connectivity index (χ0) is 13.2. The number of aryl methyl sites for hydroxylation is 1. The Morgan fingerprint density at radius 1 is 1.35 bits per heavy atom. The summed E-state index contributed by atoms with van der Waals surface area (Å²) < 4.78 is 5.08. The number of carbonyl (C=O) groups is 1. The van der Waals surface area contributed by atoms with Crippen molar-refractivity contribution in [2.24, 2.45) is 5.41 Å². The third-order valence-corrected chi connectivity index (χ3v) is 2.77. The van der Waals surface area contributed by atoms with Crippen LogP contribution in [0.5, 0.6) is 5.75 Å². The molecule has 1 rings (SSSR count). The van der Waals surface area contributed by atoms with E-state index in [1.165, 1.54) is 0 Å². The Hall–Kier alpha value is -1.35. The Balaban J connectivity index is 3.05. The molecule has 0 bridgehead atoms. The van der Waals surface area contributed by atoms with Crippen molar-refractivity contribution in [3.05, 3.63) is 29.3 Å². The van der Waals surface area contributed by atoms with Gasteiger partial charge in [0.15, 0.2) is 5.78 Å². The van der Waals surface area contributed by atoms with Crippen molar-refractivity contribution in [3.8, 4) is 5.75 Å². The molecule has 0 spiro atoms. The third-order valence-electron chi connectivity index (χ3n) is 2.77. The molecule has 3 nitrogen and oxygen atoms in total. The predicted molar refractivity (Wildman–Crippen MR) is 67.5 cm³/mol. The average Bonchev–Trinajstić information content (AvgIpc) is 2.25. The second kappa shape index (κ2) is 4.88. The van der Waals surface area contributed by atoms with Crippen molar-refractivity contribution >= 4 is 5.78 Å². The molecule has 3 heteroatoms. The van der Waals surface area contributed by atoms with Gasteiger partial charge in [-0.05, 0) is 36.1 Å². The number of aliphatic hydroxyl groups is 1. The molecule has 0 amide bonds. The molecule has 0 aliphatic rings. The van der Waals surface area contributed by atoms with Crippen LogP contribution in [-0.4, -0.2) is 24.1 Å². The smallest absolute Gasteiger partial charge is 0.192 e. The van der Waals surface area contributed by atoms with Gasteiger partial charge in [0, 0.05) is 5.56 Å². The van der Waals surface area contributed by atoms with Crippen molar-refractivity contribution in [3.63, 3.8) is 0 Å². The van der Waals surface area contributed by atoms with Gasteiger partial charge in [-0.25, -0.2) is 0 Å². The standard InChI is InChI=1S/C14H20O3/c1-9-8-10(17-5)6-7-11(9)12(15)13(16)14(2,3)4/h6-8,13,16H,1-5H3. The van der Waals surface area contributed by atoms with Crippen LogP contribution in [0.3, 0.4) is 0 Å². The first-order valence-electron chi connectivity index (χ1n) is 5.64. The van der Waals surface area contributed by atoms with E-state index in [0.717, 1.165) is 5.56 Å². The molecule has 0 aromatic heterocycles. The summed E-state index contributed by atoms with van der Waals surface area (Å²) in [6.07, 6.45) is -0.991. The average molecular weight is 236 g/mol. The molecule has 1 aromatic rings. The van der Waals surface area contributed by atoms with Gasteiger partial charge in [0.1, 0.15) is 11.9 Å². The van der Waals surface area contributed by atoms with E-state index in [9.17, 15) is 9.90 Å². The highest BCUT2D eigenvalue weighted by Gasteiger charge is 2.30. The Bertz CT molecular complexity index is 416. The summed E-state index contributed by atoms with van der Waals surface area (Å²) in [5.41, 5.74) is 0.912. The molecule has 0 radical (unpaired) electrons. The van der Waals surface area contributed by atoms with Crippen LogP contribution in [0.15, 0.2) is 18.2 Å². The fraction of sp³-hybridized carbons (Fsp3) is 0.500. The molecule has 1 N–H and O–H groups in total.